The van der Waals surface area contributed by atoms with Crippen molar-refractivity contribution in [1.29, 1.82) is 0 Å². The van der Waals surface area contributed by atoms with Crippen molar-refractivity contribution in [3.8, 4) is 0 Å². The Hall–Kier alpha value is -5.04. The second kappa shape index (κ2) is 9.52. The number of imide groups is 1. The van der Waals surface area contributed by atoms with Gasteiger partial charge in [-0.3, -0.25) is 29.8 Å². The third-order valence-corrected chi connectivity index (χ3v) is 8.05. The number of anilines is 1. The van der Waals surface area contributed by atoms with Crippen LogP contribution in [0.3, 0.4) is 0 Å². The Kier molecular flexibility index (Phi) is 6.15. The number of H-pyrrole nitrogens is 1. The van der Waals surface area contributed by atoms with Crippen molar-refractivity contribution in [3.05, 3.63) is 106 Å². The number of alkyl halides is 3. The highest BCUT2D eigenvalue weighted by Crippen LogP contribution is 2.51. The van der Waals surface area contributed by atoms with Crippen molar-refractivity contribution in [2.75, 3.05) is 4.90 Å². The number of non-ortho nitro benzene ring substituents is 1. The third-order valence-electron chi connectivity index (χ3n) is 8.05. The van der Waals surface area contributed by atoms with Crippen LogP contribution in [0.25, 0.3) is 10.9 Å². The maximum Gasteiger partial charge on any atom is 0.416 e. The van der Waals surface area contributed by atoms with E-state index in [1.165, 1.54) is 24.3 Å². The molecule has 2 saturated heterocycles. The molecular formula is C29H21F3N4O6. The number of aliphatic carboxylic acids is 1. The lowest BCUT2D eigenvalue weighted by Gasteiger charge is -2.31. The van der Waals surface area contributed by atoms with Gasteiger partial charge in [-0.15, -0.1) is 0 Å². The number of nitro benzene ring substituents is 1. The average molecular weight is 579 g/mol. The van der Waals surface area contributed by atoms with Crippen LogP contribution in [-0.2, 0) is 27.0 Å². The van der Waals surface area contributed by atoms with Crippen molar-refractivity contribution in [1.82, 2.24) is 10.3 Å². The Labute approximate surface area is 234 Å². The van der Waals surface area contributed by atoms with Crippen molar-refractivity contribution in [2.45, 2.75) is 24.2 Å². The number of rotatable bonds is 6. The number of carboxylic acids is 1. The molecule has 6 rings (SSSR count). The van der Waals surface area contributed by atoms with Crippen LogP contribution in [0.5, 0.6) is 0 Å². The van der Waals surface area contributed by atoms with Crippen LogP contribution >= 0.6 is 0 Å². The highest BCUT2D eigenvalue weighted by Gasteiger charge is 2.68. The number of hydrogen-bond donors (Lipinski definition) is 3. The Bertz CT molecular complexity index is 1790. The summed E-state index contributed by atoms with van der Waals surface area (Å²) in [5, 5.41) is 25.7. The largest absolute Gasteiger partial charge is 0.480 e. The van der Waals surface area contributed by atoms with Gasteiger partial charge in [-0.2, -0.15) is 13.2 Å². The standard InChI is InChI=1S/C29H21F3N4O6/c30-29(31,32)17-6-3-5-15(11-17)24-22-23(26(38)35(25(22)37)18-7-4-8-19(12-18)36(41)42)28(34-24,27(39)40)13-16-14-33-21-10-2-1-9-20(16)21/h1-12,14,22-24,33-34H,13H2,(H,39,40). The number of aromatic amines is 1. The first-order chi connectivity index (χ1) is 19.9. The molecule has 0 spiro atoms. The first kappa shape index (κ1) is 27.1. The molecule has 4 aromatic rings. The number of halogens is 3. The Morgan fingerprint density at radius 3 is 2.48 bits per heavy atom. The van der Waals surface area contributed by atoms with E-state index in [0.29, 0.717) is 21.4 Å². The fourth-order valence-electron chi connectivity index (χ4n) is 6.21. The summed E-state index contributed by atoms with van der Waals surface area (Å²) in [5.74, 6) is -6.23. The normalized spacial score (nSPS) is 23.9. The van der Waals surface area contributed by atoms with Gasteiger partial charge >= 0.3 is 12.1 Å². The molecule has 0 saturated carbocycles. The summed E-state index contributed by atoms with van der Waals surface area (Å²) in [4.78, 5) is 55.6. The first-order valence-corrected chi connectivity index (χ1v) is 12.8. The lowest BCUT2D eigenvalue weighted by atomic mass is 9.76. The zero-order valence-corrected chi connectivity index (χ0v) is 21.5. The topological polar surface area (TPSA) is 146 Å². The molecule has 0 aliphatic carbocycles. The molecule has 2 aliphatic rings. The molecule has 3 N–H and O–H groups in total. The van der Waals surface area contributed by atoms with Crippen LogP contribution in [0.15, 0.2) is 79.0 Å². The number of amides is 2. The van der Waals surface area contributed by atoms with Crippen LogP contribution in [0.2, 0.25) is 0 Å². The minimum atomic E-state index is -4.72. The van der Waals surface area contributed by atoms with Gasteiger partial charge in [0, 0.05) is 41.7 Å². The Morgan fingerprint density at radius 1 is 1.02 bits per heavy atom. The number of hydrogen-bond acceptors (Lipinski definition) is 6. The Balaban J connectivity index is 1.52. The molecule has 2 fully saturated rings. The molecule has 4 atom stereocenters. The van der Waals surface area contributed by atoms with Crippen molar-refractivity contribution in [2.24, 2.45) is 11.8 Å². The summed E-state index contributed by atoms with van der Waals surface area (Å²) in [5.41, 5.74) is -2.47. The third kappa shape index (κ3) is 4.12. The molecule has 214 valence electrons. The predicted molar refractivity (Wildman–Crippen MR) is 142 cm³/mol. The quantitative estimate of drug-likeness (QED) is 0.172. The number of aromatic nitrogens is 1. The van der Waals surface area contributed by atoms with Gasteiger partial charge in [0.1, 0.15) is 5.54 Å². The van der Waals surface area contributed by atoms with Crippen molar-refractivity contribution < 1.29 is 37.6 Å². The second-order valence-corrected chi connectivity index (χ2v) is 10.4. The minimum absolute atomic E-state index is 0.0241. The van der Waals surface area contributed by atoms with E-state index in [1.54, 1.807) is 30.5 Å². The summed E-state index contributed by atoms with van der Waals surface area (Å²) < 4.78 is 40.9. The number of para-hydroxylation sites is 1. The molecule has 10 nitrogen and oxygen atoms in total. The summed E-state index contributed by atoms with van der Waals surface area (Å²) in [6, 6.07) is 14.7. The molecule has 0 bridgehead atoms. The summed E-state index contributed by atoms with van der Waals surface area (Å²) in [6.07, 6.45) is -3.42. The smallest absolute Gasteiger partial charge is 0.416 e. The van der Waals surface area contributed by atoms with Gasteiger partial charge in [0.15, 0.2) is 0 Å². The predicted octanol–water partition coefficient (Wildman–Crippen LogP) is 4.61. The molecule has 3 heterocycles. The summed E-state index contributed by atoms with van der Waals surface area (Å²) in [6.45, 7) is 0. The van der Waals surface area contributed by atoms with E-state index in [9.17, 15) is 42.8 Å². The molecule has 1 aromatic heterocycles. The number of carbonyl (C=O) groups excluding carboxylic acids is 2. The second-order valence-electron chi connectivity index (χ2n) is 10.4. The van der Waals surface area contributed by atoms with Gasteiger partial charge in [0.25, 0.3) is 5.69 Å². The zero-order valence-electron chi connectivity index (χ0n) is 21.5. The van der Waals surface area contributed by atoms with E-state index in [-0.39, 0.29) is 17.7 Å². The number of nitrogens with one attached hydrogen (secondary N) is 2. The number of nitro groups is 1. The highest BCUT2D eigenvalue weighted by atomic mass is 19.4. The number of benzene rings is 3. The number of fused-ring (bicyclic) bond motifs is 2. The molecule has 0 radical (unpaired) electrons. The van der Waals surface area contributed by atoms with Crippen LogP contribution in [0, 0.1) is 22.0 Å². The van der Waals surface area contributed by atoms with Gasteiger partial charge in [-0.1, -0.05) is 36.4 Å². The Morgan fingerprint density at radius 2 is 1.76 bits per heavy atom. The SMILES string of the molecule is O=C1C2C(c3cccc(C(F)(F)F)c3)NC(Cc3c[nH]c4ccccc34)(C(=O)O)C2C(=O)N1c1cccc([N+](=O)[O-])c1. The lowest BCUT2D eigenvalue weighted by Crippen LogP contribution is -2.57. The number of carbonyl (C=O) groups is 3. The zero-order chi connectivity index (χ0) is 30.0. The number of nitrogens with zero attached hydrogens (tertiary/aromatic N) is 2. The van der Waals surface area contributed by atoms with E-state index in [4.69, 9.17) is 0 Å². The van der Waals surface area contributed by atoms with E-state index in [2.05, 4.69) is 10.3 Å². The maximum absolute atomic E-state index is 14.0. The fraction of sp³-hybridized carbons (Fsp3) is 0.207. The molecule has 42 heavy (non-hydrogen) atoms. The minimum Gasteiger partial charge on any atom is -0.480 e. The van der Waals surface area contributed by atoms with Crippen LogP contribution in [0.1, 0.15) is 22.7 Å². The molecular weight excluding hydrogens is 557 g/mol. The fourth-order valence-corrected chi connectivity index (χ4v) is 6.21. The highest BCUT2D eigenvalue weighted by molar-refractivity contribution is 6.24. The van der Waals surface area contributed by atoms with E-state index in [1.807, 2.05) is 0 Å². The average Bonchev–Trinajstić information content (AvgIpc) is 3.60. The van der Waals surface area contributed by atoms with E-state index >= 15 is 0 Å². The molecule has 2 amide bonds. The maximum atomic E-state index is 14.0. The van der Waals surface area contributed by atoms with Gasteiger partial charge in [-0.05, 0) is 35.4 Å². The van der Waals surface area contributed by atoms with E-state index in [0.717, 1.165) is 24.3 Å². The lowest BCUT2D eigenvalue weighted by molar-refractivity contribution is -0.384. The van der Waals surface area contributed by atoms with Crippen molar-refractivity contribution in [3.63, 3.8) is 0 Å². The summed E-state index contributed by atoms with van der Waals surface area (Å²) in [7, 11) is 0. The molecule has 2 aliphatic heterocycles. The van der Waals surface area contributed by atoms with Crippen LogP contribution < -0.4 is 10.2 Å². The molecule has 3 aromatic carbocycles. The van der Waals surface area contributed by atoms with Gasteiger partial charge in [0.2, 0.25) is 11.8 Å². The monoisotopic (exact) mass is 578 g/mol. The van der Waals surface area contributed by atoms with E-state index < -0.39 is 63.6 Å². The van der Waals surface area contributed by atoms with Crippen molar-refractivity contribution >= 4 is 40.1 Å². The molecule has 13 heteroatoms. The van der Waals surface area contributed by atoms with Crippen LogP contribution in [-0.4, -0.2) is 38.3 Å². The van der Waals surface area contributed by atoms with Gasteiger partial charge < -0.3 is 10.1 Å². The first-order valence-electron chi connectivity index (χ1n) is 12.8. The summed E-state index contributed by atoms with van der Waals surface area (Å²) >= 11 is 0. The van der Waals surface area contributed by atoms with Gasteiger partial charge in [-0.25, -0.2) is 4.90 Å². The van der Waals surface area contributed by atoms with Crippen LogP contribution in [0.4, 0.5) is 24.5 Å². The van der Waals surface area contributed by atoms with Gasteiger partial charge in [0.05, 0.1) is 28.0 Å². The molecule has 4 unspecified atom stereocenters. The number of carboxylic acid groups (broad SMARTS) is 1.